The van der Waals surface area contributed by atoms with Gasteiger partial charge in [-0.15, -0.1) is 0 Å². The quantitative estimate of drug-likeness (QED) is 0.891. The normalized spacial score (nSPS) is 25.7. The van der Waals surface area contributed by atoms with Crippen LogP contribution in [0.3, 0.4) is 0 Å². The van der Waals surface area contributed by atoms with Crippen LogP contribution in [0.25, 0.3) is 0 Å². The van der Waals surface area contributed by atoms with Crippen molar-refractivity contribution in [2.45, 2.75) is 24.2 Å². The number of urea groups is 1. The molecule has 126 valence electrons. The zero-order valence-corrected chi connectivity index (χ0v) is 13.4. The van der Waals surface area contributed by atoms with E-state index >= 15 is 0 Å². The molecule has 0 aromatic heterocycles. The van der Waals surface area contributed by atoms with Gasteiger partial charge < -0.3 is 15.0 Å². The minimum atomic E-state index is -3.00. The Morgan fingerprint density at radius 1 is 1.35 bits per heavy atom. The third kappa shape index (κ3) is 3.57. The van der Waals surface area contributed by atoms with Gasteiger partial charge in [-0.25, -0.2) is 17.6 Å². The summed E-state index contributed by atoms with van der Waals surface area (Å²) >= 11 is 0. The standard InChI is InChI=1S/C15H19FN2O4S/c16-13-3-1-2-4-14(13)22-11-5-7-18(10-11)15(19)17-9-12-6-8-23(12,20)21/h1-4,11-12H,5-10H2,(H,17,19). The SMILES string of the molecule is O=C(NCC1CCS1(=O)=O)N1CCC(Oc2ccccc2F)C1. The van der Waals surface area contributed by atoms with E-state index in [4.69, 9.17) is 4.74 Å². The molecule has 2 atom stereocenters. The number of nitrogens with zero attached hydrogens (tertiary/aromatic N) is 1. The number of carbonyl (C=O) groups excluding carboxylic acids is 1. The number of rotatable bonds is 4. The average molecular weight is 342 g/mol. The Labute approximate surface area is 134 Å². The lowest BCUT2D eigenvalue weighted by molar-refractivity contribution is 0.183. The Bertz CT molecular complexity index is 694. The highest BCUT2D eigenvalue weighted by Crippen LogP contribution is 2.22. The number of hydrogen-bond acceptors (Lipinski definition) is 4. The Kier molecular flexibility index (Phi) is 4.43. The van der Waals surface area contributed by atoms with Gasteiger partial charge in [0, 0.05) is 19.5 Å². The van der Waals surface area contributed by atoms with Gasteiger partial charge in [0.05, 0.1) is 17.5 Å². The molecule has 0 spiro atoms. The van der Waals surface area contributed by atoms with Crippen molar-refractivity contribution in [3.8, 4) is 5.75 Å². The molecule has 2 aliphatic heterocycles. The van der Waals surface area contributed by atoms with Crippen LogP contribution in [0.15, 0.2) is 24.3 Å². The molecule has 3 rings (SSSR count). The molecule has 2 aliphatic rings. The first-order chi connectivity index (χ1) is 11.0. The molecule has 2 unspecified atom stereocenters. The van der Waals surface area contributed by atoms with Crippen LogP contribution in [0.2, 0.25) is 0 Å². The highest BCUT2D eigenvalue weighted by atomic mass is 32.2. The number of para-hydroxylation sites is 1. The van der Waals surface area contributed by atoms with E-state index in [1.165, 1.54) is 6.07 Å². The number of sulfone groups is 1. The highest BCUT2D eigenvalue weighted by molar-refractivity contribution is 7.93. The molecule has 23 heavy (non-hydrogen) atoms. The molecule has 0 radical (unpaired) electrons. The number of ether oxygens (including phenoxy) is 1. The van der Waals surface area contributed by atoms with Crippen LogP contribution in [0, 0.1) is 5.82 Å². The van der Waals surface area contributed by atoms with Gasteiger partial charge in [-0.1, -0.05) is 12.1 Å². The van der Waals surface area contributed by atoms with Gasteiger partial charge in [-0.3, -0.25) is 0 Å². The maximum absolute atomic E-state index is 13.6. The van der Waals surface area contributed by atoms with Crippen molar-refractivity contribution >= 4 is 15.9 Å². The monoisotopic (exact) mass is 342 g/mol. The van der Waals surface area contributed by atoms with Crippen molar-refractivity contribution < 1.29 is 22.3 Å². The summed E-state index contributed by atoms with van der Waals surface area (Å²) in [6, 6.07) is 5.86. The first-order valence-corrected chi connectivity index (χ1v) is 9.33. The number of nitrogens with one attached hydrogen (secondary N) is 1. The Hall–Kier alpha value is -1.83. The number of benzene rings is 1. The zero-order chi connectivity index (χ0) is 16.4. The molecule has 2 amide bonds. The first kappa shape index (κ1) is 16.0. The molecule has 0 bridgehead atoms. The van der Waals surface area contributed by atoms with Gasteiger partial charge in [0.15, 0.2) is 21.4 Å². The van der Waals surface area contributed by atoms with Crippen molar-refractivity contribution in [3.63, 3.8) is 0 Å². The predicted molar refractivity (Wildman–Crippen MR) is 82.6 cm³/mol. The maximum atomic E-state index is 13.6. The van der Waals surface area contributed by atoms with Gasteiger partial charge in [0.25, 0.3) is 0 Å². The van der Waals surface area contributed by atoms with Crippen LogP contribution in [-0.2, 0) is 9.84 Å². The van der Waals surface area contributed by atoms with E-state index in [-0.39, 0.29) is 30.2 Å². The van der Waals surface area contributed by atoms with Crippen molar-refractivity contribution in [2.75, 3.05) is 25.4 Å². The second kappa shape index (κ2) is 6.35. The van der Waals surface area contributed by atoms with Crippen LogP contribution in [0.5, 0.6) is 5.75 Å². The van der Waals surface area contributed by atoms with Crippen molar-refractivity contribution in [2.24, 2.45) is 0 Å². The zero-order valence-electron chi connectivity index (χ0n) is 12.6. The Morgan fingerprint density at radius 2 is 2.13 bits per heavy atom. The van der Waals surface area contributed by atoms with E-state index in [9.17, 15) is 17.6 Å². The van der Waals surface area contributed by atoms with E-state index in [1.54, 1.807) is 23.1 Å². The summed E-state index contributed by atoms with van der Waals surface area (Å²) < 4.78 is 42.0. The molecule has 2 saturated heterocycles. The maximum Gasteiger partial charge on any atom is 0.317 e. The van der Waals surface area contributed by atoms with Gasteiger partial charge in [0.2, 0.25) is 0 Å². The molecule has 1 aromatic carbocycles. The second-order valence-corrected chi connectivity index (χ2v) is 8.27. The molecule has 8 heteroatoms. The molecule has 1 aromatic rings. The largest absolute Gasteiger partial charge is 0.485 e. The number of likely N-dealkylation sites (tertiary alicyclic amines) is 1. The van der Waals surface area contributed by atoms with Crippen molar-refractivity contribution in [3.05, 3.63) is 30.1 Å². The smallest absolute Gasteiger partial charge is 0.317 e. The minimum absolute atomic E-state index is 0.149. The number of carbonyl (C=O) groups is 1. The van der Waals surface area contributed by atoms with Crippen LogP contribution in [-0.4, -0.2) is 56.1 Å². The molecule has 0 saturated carbocycles. The number of hydrogen-bond donors (Lipinski definition) is 1. The van der Waals surface area contributed by atoms with Gasteiger partial charge in [-0.05, 0) is 18.6 Å². The minimum Gasteiger partial charge on any atom is -0.485 e. The summed E-state index contributed by atoms with van der Waals surface area (Å²) in [6.07, 6.45) is 0.954. The van der Waals surface area contributed by atoms with Crippen molar-refractivity contribution in [1.29, 1.82) is 0 Å². The summed E-state index contributed by atoms with van der Waals surface area (Å²) in [4.78, 5) is 13.6. The molecule has 6 nitrogen and oxygen atoms in total. The molecule has 2 heterocycles. The topological polar surface area (TPSA) is 75.7 Å². The summed E-state index contributed by atoms with van der Waals surface area (Å²) in [5.74, 6) is -0.0404. The number of amides is 2. The number of halogens is 1. The van der Waals surface area contributed by atoms with Gasteiger partial charge in [0.1, 0.15) is 6.10 Å². The molecule has 0 aliphatic carbocycles. The fourth-order valence-electron chi connectivity index (χ4n) is 2.75. The van der Waals surface area contributed by atoms with Crippen LogP contribution >= 0.6 is 0 Å². The van der Waals surface area contributed by atoms with E-state index in [0.717, 1.165) is 0 Å². The lowest BCUT2D eigenvalue weighted by atomic mass is 10.3. The highest BCUT2D eigenvalue weighted by Gasteiger charge is 2.36. The third-order valence-electron chi connectivity index (χ3n) is 4.28. The summed E-state index contributed by atoms with van der Waals surface area (Å²) in [5, 5.41) is 2.20. The van der Waals surface area contributed by atoms with Crippen molar-refractivity contribution in [1.82, 2.24) is 10.2 Å². The fourth-order valence-corrected chi connectivity index (χ4v) is 4.04. The molecular weight excluding hydrogens is 323 g/mol. The van der Waals surface area contributed by atoms with Crippen LogP contribution in [0.1, 0.15) is 12.8 Å². The fraction of sp³-hybridized carbons (Fsp3) is 0.533. The molecule has 1 N–H and O–H groups in total. The summed E-state index contributed by atoms with van der Waals surface area (Å²) in [7, 11) is -3.00. The average Bonchev–Trinajstić information content (AvgIpc) is 2.97. The second-order valence-electron chi connectivity index (χ2n) is 5.87. The van der Waals surface area contributed by atoms with E-state index in [1.807, 2.05) is 0 Å². The van der Waals surface area contributed by atoms with Crippen LogP contribution in [0.4, 0.5) is 9.18 Å². The summed E-state index contributed by atoms with van der Waals surface area (Å²) in [5.41, 5.74) is 0. The van der Waals surface area contributed by atoms with Gasteiger partial charge in [-0.2, -0.15) is 0 Å². The van der Waals surface area contributed by atoms with Gasteiger partial charge >= 0.3 is 6.03 Å². The lowest BCUT2D eigenvalue weighted by Crippen LogP contribution is -2.48. The lowest BCUT2D eigenvalue weighted by Gasteiger charge is -2.27. The van der Waals surface area contributed by atoms with E-state index < -0.39 is 20.9 Å². The third-order valence-corrected chi connectivity index (χ3v) is 6.50. The van der Waals surface area contributed by atoms with E-state index in [2.05, 4.69) is 5.32 Å². The first-order valence-electron chi connectivity index (χ1n) is 7.61. The summed E-state index contributed by atoms with van der Waals surface area (Å²) in [6.45, 7) is 1.01. The Morgan fingerprint density at radius 3 is 2.78 bits per heavy atom. The molecule has 2 fully saturated rings. The Balaban J connectivity index is 1.47. The predicted octanol–water partition coefficient (Wildman–Crippen LogP) is 1.18. The molecular formula is C15H19FN2O4S. The van der Waals surface area contributed by atoms with Crippen LogP contribution < -0.4 is 10.1 Å². The van der Waals surface area contributed by atoms with E-state index in [0.29, 0.717) is 25.9 Å².